The van der Waals surface area contributed by atoms with Crippen LogP contribution in [0.2, 0.25) is 0 Å². The first-order valence-corrected chi connectivity index (χ1v) is 9.15. The molecule has 0 atom stereocenters. The van der Waals surface area contributed by atoms with Crippen molar-refractivity contribution in [2.75, 3.05) is 0 Å². The number of carbonyl (C=O) groups is 1. The fourth-order valence-electron chi connectivity index (χ4n) is 3.19. The molecule has 1 aliphatic carbocycles. The van der Waals surface area contributed by atoms with E-state index < -0.39 is 0 Å². The summed E-state index contributed by atoms with van der Waals surface area (Å²) in [5, 5.41) is 10.7. The number of hydrogen-bond donors (Lipinski definition) is 2. The summed E-state index contributed by atoms with van der Waals surface area (Å²) in [6, 6.07) is 10.4. The number of pyridine rings is 1. The third-order valence-corrected chi connectivity index (χ3v) is 4.89. The van der Waals surface area contributed by atoms with Crippen molar-refractivity contribution >= 4 is 11.6 Å². The van der Waals surface area contributed by atoms with Crippen molar-refractivity contribution in [2.24, 2.45) is 0 Å². The molecule has 2 aromatic heterocycles. The summed E-state index contributed by atoms with van der Waals surface area (Å²) in [6.07, 6.45) is 4.23. The molecule has 1 saturated carbocycles. The molecule has 5 heteroatoms. The van der Waals surface area contributed by atoms with Crippen LogP contribution in [0.15, 0.2) is 36.5 Å². The maximum absolute atomic E-state index is 12.4. The average Bonchev–Trinajstić information content (AvgIpc) is 3.28. The van der Waals surface area contributed by atoms with Crippen molar-refractivity contribution in [1.29, 1.82) is 0 Å². The number of amides is 1. The number of H-pyrrole nitrogens is 1. The summed E-state index contributed by atoms with van der Waals surface area (Å²) in [6.45, 7) is 8.55. The van der Waals surface area contributed by atoms with Gasteiger partial charge in [0.25, 0.3) is 5.91 Å². The Labute approximate surface area is 153 Å². The van der Waals surface area contributed by atoms with Gasteiger partial charge in [0.05, 0.1) is 11.6 Å². The van der Waals surface area contributed by atoms with Gasteiger partial charge in [-0.25, -0.2) is 4.40 Å². The van der Waals surface area contributed by atoms with Crippen molar-refractivity contribution in [1.82, 2.24) is 15.5 Å². The summed E-state index contributed by atoms with van der Waals surface area (Å²) < 4.78 is 2.09. The number of rotatable bonds is 3. The molecule has 1 amide bonds. The summed E-state index contributed by atoms with van der Waals surface area (Å²) in [5.74, 6) is 1.08. The molecule has 2 heterocycles. The van der Waals surface area contributed by atoms with E-state index in [2.05, 4.69) is 59.7 Å². The number of fused-ring (bicyclic) bond motifs is 1. The SMILES string of the molecule is Cc1ccc(C(=O)NC2CC2)cc1-c1cc[n+]2c(C(C)(C)C)[nH]nc2c1. The molecule has 5 nitrogen and oxygen atoms in total. The highest BCUT2D eigenvalue weighted by Crippen LogP contribution is 2.26. The maximum Gasteiger partial charge on any atom is 0.306 e. The zero-order valence-corrected chi connectivity index (χ0v) is 15.8. The van der Waals surface area contributed by atoms with E-state index >= 15 is 0 Å². The Morgan fingerprint density at radius 3 is 2.69 bits per heavy atom. The molecule has 0 radical (unpaired) electrons. The third kappa shape index (κ3) is 3.09. The van der Waals surface area contributed by atoms with E-state index in [9.17, 15) is 4.79 Å². The van der Waals surface area contributed by atoms with Gasteiger partial charge in [0.15, 0.2) is 0 Å². The van der Waals surface area contributed by atoms with Gasteiger partial charge in [-0.1, -0.05) is 26.8 Å². The lowest BCUT2D eigenvalue weighted by Crippen LogP contribution is -2.32. The predicted octanol–water partition coefficient (Wildman–Crippen LogP) is 3.31. The Hall–Kier alpha value is -2.69. The van der Waals surface area contributed by atoms with Crippen LogP contribution >= 0.6 is 0 Å². The van der Waals surface area contributed by atoms with E-state index in [0.717, 1.165) is 41.0 Å². The number of hydrogen-bond acceptors (Lipinski definition) is 2. The maximum atomic E-state index is 12.4. The highest BCUT2D eigenvalue weighted by molar-refractivity contribution is 5.96. The van der Waals surface area contributed by atoms with Crippen molar-refractivity contribution in [2.45, 2.75) is 52.0 Å². The predicted molar refractivity (Wildman–Crippen MR) is 101 cm³/mol. The fourth-order valence-corrected chi connectivity index (χ4v) is 3.19. The van der Waals surface area contributed by atoms with Crippen LogP contribution in [0.4, 0.5) is 0 Å². The molecule has 26 heavy (non-hydrogen) atoms. The molecule has 2 N–H and O–H groups in total. The standard InChI is InChI=1S/C21H24N4O/c1-13-5-6-15(19(26)22-16-7-8-16)11-17(13)14-9-10-25-18(12-14)23-24-20(25)21(2,3)4/h5-6,9-12,16H,7-8H2,1-4H3,(H,22,26)/p+1. The third-order valence-electron chi connectivity index (χ3n) is 4.89. The monoisotopic (exact) mass is 349 g/mol. The average molecular weight is 349 g/mol. The van der Waals surface area contributed by atoms with E-state index in [4.69, 9.17) is 0 Å². The summed E-state index contributed by atoms with van der Waals surface area (Å²) in [4.78, 5) is 12.4. The van der Waals surface area contributed by atoms with Crippen molar-refractivity contribution in [3.8, 4) is 11.1 Å². The van der Waals surface area contributed by atoms with Gasteiger partial charge in [0.1, 0.15) is 0 Å². The molecule has 3 aromatic rings. The van der Waals surface area contributed by atoms with E-state index in [1.807, 2.05) is 24.4 Å². The quantitative estimate of drug-likeness (QED) is 0.713. The smallest absolute Gasteiger partial charge is 0.306 e. The fraction of sp³-hybridized carbons (Fsp3) is 0.381. The second-order valence-corrected chi connectivity index (χ2v) is 8.24. The number of aromatic amines is 1. The molecule has 134 valence electrons. The zero-order chi connectivity index (χ0) is 18.5. The Balaban J connectivity index is 1.73. The molecular weight excluding hydrogens is 324 g/mol. The Bertz CT molecular complexity index is 993. The number of aryl methyl sites for hydroxylation is 1. The van der Waals surface area contributed by atoms with Crippen molar-refractivity contribution in [3.05, 3.63) is 53.5 Å². The lowest BCUT2D eigenvalue weighted by molar-refractivity contribution is -0.526. The van der Waals surface area contributed by atoms with Gasteiger partial charge in [-0.3, -0.25) is 4.79 Å². The van der Waals surface area contributed by atoms with Crippen LogP contribution in [-0.4, -0.2) is 22.1 Å². The highest BCUT2D eigenvalue weighted by Gasteiger charge is 2.27. The summed E-state index contributed by atoms with van der Waals surface area (Å²) in [7, 11) is 0. The van der Waals surface area contributed by atoms with Crippen LogP contribution in [0.5, 0.6) is 0 Å². The first-order valence-electron chi connectivity index (χ1n) is 9.15. The largest absolute Gasteiger partial charge is 0.349 e. The number of carbonyl (C=O) groups excluding carboxylic acids is 1. The summed E-state index contributed by atoms with van der Waals surface area (Å²) in [5.41, 5.74) is 4.84. The molecule has 4 rings (SSSR count). The van der Waals surface area contributed by atoms with E-state index in [1.165, 1.54) is 0 Å². The van der Waals surface area contributed by atoms with Crippen molar-refractivity contribution in [3.63, 3.8) is 0 Å². The van der Waals surface area contributed by atoms with Gasteiger partial charge >= 0.3 is 5.65 Å². The van der Waals surface area contributed by atoms with Crippen LogP contribution < -0.4 is 9.72 Å². The van der Waals surface area contributed by atoms with Crippen LogP contribution in [-0.2, 0) is 5.41 Å². The molecule has 0 spiro atoms. The second-order valence-electron chi connectivity index (χ2n) is 8.24. The Kier molecular flexibility index (Phi) is 3.83. The molecule has 0 bridgehead atoms. The van der Waals surface area contributed by atoms with Crippen molar-refractivity contribution < 1.29 is 9.20 Å². The summed E-state index contributed by atoms with van der Waals surface area (Å²) >= 11 is 0. The molecule has 0 aliphatic heterocycles. The minimum atomic E-state index is -0.0162. The lowest BCUT2D eigenvalue weighted by atomic mass is 9.95. The minimum Gasteiger partial charge on any atom is -0.349 e. The second kappa shape index (κ2) is 5.94. The minimum absolute atomic E-state index is 0.0130. The molecular formula is C21H25N4O+. The van der Waals surface area contributed by atoms with Gasteiger partial charge in [-0.15, -0.1) is 5.10 Å². The molecule has 0 unspecified atom stereocenters. The highest BCUT2D eigenvalue weighted by atomic mass is 16.1. The van der Waals surface area contributed by atoms with Crippen LogP contribution in [0.1, 0.15) is 55.4 Å². The normalized spacial score (nSPS) is 14.6. The van der Waals surface area contributed by atoms with Crippen LogP contribution in [0.25, 0.3) is 16.8 Å². The number of nitrogens with one attached hydrogen (secondary N) is 2. The van der Waals surface area contributed by atoms with E-state index in [-0.39, 0.29) is 11.3 Å². The van der Waals surface area contributed by atoms with Gasteiger partial charge in [0, 0.05) is 22.8 Å². The van der Waals surface area contributed by atoms with Gasteiger partial charge < -0.3 is 5.32 Å². The van der Waals surface area contributed by atoms with Gasteiger partial charge in [-0.05, 0) is 54.7 Å². The topological polar surface area (TPSA) is 61.9 Å². The molecule has 1 fully saturated rings. The molecule has 1 aromatic carbocycles. The molecule has 1 aliphatic rings. The first-order chi connectivity index (χ1) is 12.3. The van der Waals surface area contributed by atoms with E-state index in [1.54, 1.807) is 0 Å². The van der Waals surface area contributed by atoms with E-state index in [0.29, 0.717) is 11.6 Å². The number of aromatic nitrogens is 3. The first kappa shape index (κ1) is 16.8. The van der Waals surface area contributed by atoms with Gasteiger partial charge in [0.2, 0.25) is 5.82 Å². The van der Waals surface area contributed by atoms with Gasteiger partial charge in [-0.2, -0.15) is 0 Å². The Morgan fingerprint density at radius 2 is 2.00 bits per heavy atom. The number of nitrogens with zero attached hydrogens (tertiary/aromatic N) is 2. The number of benzene rings is 1. The Morgan fingerprint density at radius 1 is 1.23 bits per heavy atom. The van der Waals surface area contributed by atoms with Crippen LogP contribution in [0, 0.1) is 6.92 Å². The van der Waals surface area contributed by atoms with Crippen LogP contribution in [0.3, 0.4) is 0 Å². The zero-order valence-electron chi connectivity index (χ0n) is 15.8. The lowest BCUT2D eigenvalue weighted by Gasteiger charge is -2.12. The molecule has 0 saturated heterocycles.